The lowest BCUT2D eigenvalue weighted by Crippen LogP contribution is -2.45. The minimum absolute atomic E-state index is 0.00280. The van der Waals surface area contributed by atoms with Crippen molar-refractivity contribution in [3.05, 3.63) is 24.3 Å². The molecule has 0 rings (SSSR count). The second-order valence-electron chi connectivity index (χ2n) is 21.7. The summed E-state index contributed by atoms with van der Waals surface area (Å²) in [6.45, 7) is 4.91. The highest BCUT2D eigenvalue weighted by Gasteiger charge is 2.20. The molecule has 3 N–H and O–H groups in total. The summed E-state index contributed by atoms with van der Waals surface area (Å²) in [7, 11) is 0. The van der Waals surface area contributed by atoms with Gasteiger partial charge in [0.25, 0.3) is 0 Å². The zero-order valence-electron chi connectivity index (χ0n) is 47.3. The molecule has 6 heteroatoms. The van der Waals surface area contributed by atoms with Gasteiger partial charge in [0, 0.05) is 12.8 Å². The number of aliphatic hydroxyl groups excluding tert-OH is 2. The lowest BCUT2D eigenvalue weighted by Gasteiger charge is -2.22. The quantitative estimate of drug-likeness (QED) is 0.0321. The van der Waals surface area contributed by atoms with Crippen LogP contribution < -0.4 is 5.32 Å². The minimum Gasteiger partial charge on any atom is -0.466 e. The second kappa shape index (κ2) is 59.9. The Morgan fingerprint density at radius 3 is 1.14 bits per heavy atom. The average Bonchev–Trinajstić information content (AvgIpc) is 3.36. The molecule has 0 spiro atoms. The number of carbonyl (C=O) groups is 2. The Morgan fingerprint density at radius 1 is 0.400 bits per heavy atom. The maximum atomic E-state index is 12.5. The van der Waals surface area contributed by atoms with Crippen molar-refractivity contribution in [3.63, 3.8) is 0 Å². The van der Waals surface area contributed by atoms with E-state index >= 15 is 0 Å². The fourth-order valence-corrected chi connectivity index (χ4v) is 9.92. The van der Waals surface area contributed by atoms with Crippen LogP contribution in [-0.4, -0.2) is 47.4 Å². The molecule has 0 saturated heterocycles. The Morgan fingerprint density at radius 2 is 0.743 bits per heavy atom. The number of ether oxygens (including phenoxy) is 1. The maximum absolute atomic E-state index is 12.5. The van der Waals surface area contributed by atoms with Gasteiger partial charge in [0.15, 0.2) is 0 Å². The van der Waals surface area contributed by atoms with Crippen LogP contribution in [0.5, 0.6) is 0 Å². The van der Waals surface area contributed by atoms with Gasteiger partial charge < -0.3 is 20.3 Å². The average molecular weight is 987 g/mol. The van der Waals surface area contributed by atoms with Gasteiger partial charge in [-0.1, -0.05) is 308 Å². The number of rotatable bonds is 59. The molecular formula is C64H123NO5. The summed E-state index contributed by atoms with van der Waals surface area (Å²) in [6, 6.07) is -0.543. The second-order valence-corrected chi connectivity index (χ2v) is 21.7. The maximum Gasteiger partial charge on any atom is 0.305 e. The molecule has 414 valence electrons. The first-order valence-corrected chi connectivity index (χ1v) is 31.6. The van der Waals surface area contributed by atoms with Gasteiger partial charge in [-0.2, -0.15) is 0 Å². The zero-order valence-corrected chi connectivity index (χ0v) is 47.3. The van der Waals surface area contributed by atoms with E-state index in [1.807, 2.05) is 0 Å². The van der Waals surface area contributed by atoms with Gasteiger partial charge in [-0.3, -0.25) is 9.59 Å². The van der Waals surface area contributed by atoms with E-state index in [2.05, 4.69) is 43.5 Å². The van der Waals surface area contributed by atoms with Gasteiger partial charge in [-0.15, -0.1) is 0 Å². The molecule has 0 aromatic heterocycles. The highest BCUT2D eigenvalue weighted by atomic mass is 16.5. The first kappa shape index (κ1) is 68.3. The molecular weight excluding hydrogens is 863 g/mol. The molecule has 70 heavy (non-hydrogen) atoms. The highest BCUT2D eigenvalue weighted by molar-refractivity contribution is 5.76. The van der Waals surface area contributed by atoms with Crippen LogP contribution in [0.4, 0.5) is 0 Å². The summed E-state index contributed by atoms with van der Waals surface area (Å²) in [5, 5.41) is 23.4. The first-order chi connectivity index (χ1) is 34.5. The van der Waals surface area contributed by atoms with E-state index in [0.29, 0.717) is 25.9 Å². The number of nitrogens with one attached hydrogen (secondary N) is 1. The van der Waals surface area contributed by atoms with Crippen molar-refractivity contribution in [2.75, 3.05) is 13.2 Å². The number of aliphatic hydroxyl groups is 2. The van der Waals surface area contributed by atoms with Crippen molar-refractivity contribution in [2.45, 2.75) is 360 Å². The Kier molecular flexibility index (Phi) is 58.5. The van der Waals surface area contributed by atoms with Crippen LogP contribution >= 0.6 is 0 Å². The van der Waals surface area contributed by atoms with Crippen LogP contribution in [0.15, 0.2) is 24.3 Å². The lowest BCUT2D eigenvalue weighted by molar-refractivity contribution is -0.143. The standard InChI is InChI=1S/C64H123NO5/c1-3-5-7-9-11-13-15-17-18-19-23-26-29-33-36-40-44-48-52-56-62(67)61(60-66)65-63(68)57-53-49-45-41-37-34-30-27-24-21-20-22-25-28-31-35-39-43-47-51-55-59-70-64(69)58-54-50-46-42-38-32-16-14-12-10-8-6-4-2/h8,10,14,16,61-62,66-67H,3-7,9,11-13,15,17-60H2,1-2H3,(H,65,68)/b10-8-,16-14-. The number of allylic oxidation sites excluding steroid dienone is 4. The third-order valence-electron chi connectivity index (χ3n) is 14.7. The SMILES string of the molecule is CCC/C=C\C/C=C\CCCCCCCC(=O)OCCCCCCCCCCCCCCCCCCCCCCCC(=O)NC(CO)C(O)CCCCCCCCCCCCCCCCCCCCC. The van der Waals surface area contributed by atoms with E-state index in [1.54, 1.807) is 0 Å². The topological polar surface area (TPSA) is 95.9 Å². The number of unbranched alkanes of at least 4 members (excludes halogenated alkanes) is 44. The summed E-state index contributed by atoms with van der Waals surface area (Å²) in [5.41, 5.74) is 0. The molecule has 0 bridgehead atoms. The predicted molar refractivity (Wildman–Crippen MR) is 306 cm³/mol. The van der Waals surface area contributed by atoms with Crippen molar-refractivity contribution in [1.82, 2.24) is 5.32 Å². The lowest BCUT2D eigenvalue weighted by atomic mass is 10.0. The molecule has 0 aliphatic rings. The minimum atomic E-state index is -0.666. The van der Waals surface area contributed by atoms with Gasteiger partial charge in [0.05, 0.1) is 25.4 Å². The molecule has 0 aliphatic heterocycles. The fraction of sp³-hybridized carbons (Fsp3) is 0.906. The molecule has 0 aromatic rings. The van der Waals surface area contributed by atoms with Gasteiger partial charge >= 0.3 is 5.97 Å². The molecule has 1 amide bonds. The normalized spacial score (nSPS) is 12.7. The van der Waals surface area contributed by atoms with Crippen LogP contribution in [0.3, 0.4) is 0 Å². The molecule has 0 fully saturated rings. The smallest absolute Gasteiger partial charge is 0.305 e. The molecule has 0 radical (unpaired) electrons. The Hall–Kier alpha value is -1.66. The molecule has 0 saturated carbocycles. The highest BCUT2D eigenvalue weighted by Crippen LogP contribution is 2.18. The van der Waals surface area contributed by atoms with Crippen molar-refractivity contribution < 1.29 is 24.5 Å². The molecule has 0 aromatic carbocycles. The van der Waals surface area contributed by atoms with E-state index in [0.717, 1.165) is 51.4 Å². The van der Waals surface area contributed by atoms with Gasteiger partial charge in [0.1, 0.15) is 0 Å². The van der Waals surface area contributed by atoms with E-state index < -0.39 is 12.1 Å². The first-order valence-electron chi connectivity index (χ1n) is 31.6. The van der Waals surface area contributed by atoms with E-state index in [1.165, 1.54) is 263 Å². The number of hydrogen-bond donors (Lipinski definition) is 3. The van der Waals surface area contributed by atoms with Crippen molar-refractivity contribution >= 4 is 11.9 Å². The largest absolute Gasteiger partial charge is 0.466 e. The zero-order chi connectivity index (χ0) is 50.7. The van der Waals surface area contributed by atoms with Gasteiger partial charge in [0.2, 0.25) is 5.91 Å². The summed E-state index contributed by atoms with van der Waals surface area (Å²) in [4.78, 5) is 24.5. The predicted octanol–water partition coefficient (Wildman–Crippen LogP) is 19.8. The summed E-state index contributed by atoms with van der Waals surface area (Å²) < 4.78 is 5.47. The molecule has 0 aliphatic carbocycles. The van der Waals surface area contributed by atoms with Crippen LogP contribution in [0.2, 0.25) is 0 Å². The van der Waals surface area contributed by atoms with Crippen molar-refractivity contribution in [2.24, 2.45) is 0 Å². The van der Waals surface area contributed by atoms with E-state index in [4.69, 9.17) is 4.74 Å². The van der Waals surface area contributed by atoms with Crippen molar-refractivity contribution in [3.8, 4) is 0 Å². The summed E-state index contributed by atoms with van der Waals surface area (Å²) in [5.74, 6) is -0.0358. The van der Waals surface area contributed by atoms with E-state index in [-0.39, 0.29) is 18.5 Å². The number of amides is 1. The Labute approximate surface area is 437 Å². The van der Waals surface area contributed by atoms with Crippen LogP contribution in [-0.2, 0) is 14.3 Å². The third-order valence-corrected chi connectivity index (χ3v) is 14.7. The molecule has 2 unspecified atom stereocenters. The third kappa shape index (κ3) is 55.7. The number of esters is 1. The Balaban J connectivity index is 3.39. The van der Waals surface area contributed by atoms with Gasteiger partial charge in [-0.05, 0) is 51.4 Å². The number of hydrogen-bond acceptors (Lipinski definition) is 5. The molecule has 6 nitrogen and oxygen atoms in total. The summed E-state index contributed by atoms with van der Waals surface area (Å²) >= 11 is 0. The monoisotopic (exact) mass is 986 g/mol. The van der Waals surface area contributed by atoms with Crippen LogP contribution in [0, 0.1) is 0 Å². The van der Waals surface area contributed by atoms with Crippen LogP contribution in [0.1, 0.15) is 348 Å². The molecule has 0 heterocycles. The van der Waals surface area contributed by atoms with E-state index in [9.17, 15) is 19.8 Å². The Bertz CT molecular complexity index is 1090. The van der Waals surface area contributed by atoms with Gasteiger partial charge in [-0.25, -0.2) is 0 Å². The van der Waals surface area contributed by atoms with Crippen LogP contribution in [0.25, 0.3) is 0 Å². The molecule has 2 atom stereocenters. The number of carbonyl (C=O) groups excluding carboxylic acids is 2. The van der Waals surface area contributed by atoms with Crippen molar-refractivity contribution in [1.29, 1.82) is 0 Å². The summed E-state index contributed by atoms with van der Waals surface area (Å²) in [6.07, 6.45) is 73.3. The fourth-order valence-electron chi connectivity index (χ4n) is 9.92.